The van der Waals surface area contributed by atoms with E-state index in [9.17, 15) is 9.18 Å². The van der Waals surface area contributed by atoms with E-state index in [1.165, 1.54) is 18.3 Å². The van der Waals surface area contributed by atoms with Crippen molar-refractivity contribution < 1.29 is 9.18 Å². The van der Waals surface area contributed by atoms with Gasteiger partial charge in [0.15, 0.2) is 5.82 Å². The van der Waals surface area contributed by atoms with Gasteiger partial charge in [-0.2, -0.15) is 5.10 Å². The monoisotopic (exact) mass is 375 g/mol. The third-order valence-corrected chi connectivity index (χ3v) is 4.28. The molecular formula is C21H18FN5O. The zero-order valence-electron chi connectivity index (χ0n) is 15.2. The molecule has 0 radical (unpaired) electrons. The van der Waals surface area contributed by atoms with Gasteiger partial charge in [0.2, 0.25) is 0 Å². The minimum atomic E-state index is -0.331. The highest BCUT2D eigenvalue weighted by molar-refractivity contribution is 5.97. The topological polar surface area (TPSA) is 64.7 Å². The van der Waals surface area contributed by atoms with Gasteiger partial charge in [0, 0.05) is 18.1 Å². The van der Waals surface area contributed by atoms with Crippen LogP contribution < -0.4 is 5.32 Å². The van der Waals surface area contributed by atoms with E-state index in [4.69, 9.17) is 0 Å². The number of hydrogen-bond acceptors (Lipinski definition) is 3. The molecule has 28 heavy (non-hydrogen) atoms. The van der Waals surface area contributed by atoms with Crippen molar-refractivity contribution in [2.45, 2.75) is 13.5 Å². The molecule has 0 aliphatic carbocycles. The number of aryl methyl sites for hydroxylation is 1. The van der Waals surface area contributed by atoms with Gasteiger partial charge in [-0.05, 0) is 55.5 Å². The summed E-state index contributed by atoms with van der Waals surface area (Å²) in [4.78, 5) is 17.2. The quantitative estimate of drug-likeness (QED) is 0.581. The van der Waals surface area contributed by atoms with Gasteiger partial charge in [-0.3, -0.25) is 9.78 Å². The number of nitrogens with one attached hydrogen (secondary N) is 1. The molecule has 0 bridgehead atoms. The van der Waals surface area contributed by atoms with Crippen molar-refractivity contribution in [1.82, 2.24) is 24.6 Å². The van der Waals surface area contributed by atoms with E-state index < -0.39 is 0 Å². The van der Waals surface area contributed by atoms with Crippen molar-refractivity contribution in [3.8, 4) is 11.5 Å². The van der Waals surface area contributed by atoms with Crippen molar-refractivity contribution in [3.63, 3.8) is 0 Å². The number of benzene rings is 1. The second-order valence-corrected chi connectivity index (χ2v) is 6.31. The van der Waals surface area contributed by atoms with E-state index in [2.05, 4.69) is 15.4 Å². The highest BCUT2D eigenvalue weighted by Gasteiger charge is 2.20. The fraction of sp³-hybridized carbons (Fsp3) is 0.0952. The second-order valence-electron chi connectivity index (χ2n) is 6.31. The third-order valence-electron chi connectivity index (χ3n) is 4.28. The van der Waals surface area contributed by atoms with Crippen LogP contribution in [0.25, 0.3) is 11.5 Å². The first-order chi connectivity index (χ1) is 13.6. The van der Waals surface area contributed by atoms with Crippen LogP contribution in [0.15, 0.2) is 73.2 Å². The average molecular weight is 375 g/mol. The van der Waals surface area contributed by atoms with E-state index in [-0.39, 0.29) is 11.7 Å². The van der Waals surface area contributed by atoms with Gasteiger partial charge in [-0.15, -0.1) is 0 Å². The van der Waals surface area contributed by atoms with Gasteiger partial charge in [0.25, 0.3) is 5.91 Å². The number of rotatable bonds is 5. The average Bonchev–Trinajstić information content (AvgIpc) is 3.36. The number of nitrogens with zero attached hydrogens (tertiary/aromatic N) is 4. The Kier molecular flexibility index (Phi) is 4.72. The van der Waals surface area contributed by atoms with Crippen molar-refractivity contribution in [2.24, 2.45) is 0 Å². The Morgan fingerprint density at radius 2 is 1.82 bits per heavy atom. The molecule has 4 aromatic rings. The number of amides is 1. The molecule has 0 atom stereocenters. The number of hydrogen-bond donors (Lipinski definition) is 1. The second kappa shape index (κ2) is 7.48. The summed E-state index contributed by atoms with van der Waals surface area (Å²) in [7, 11) is 0. The molecule has 7 heteroatoms. The lowest BCUT2D eigenvalue weighted by atomic mass is 10.2. The number of carbonyl (C=O) groups excluding carboxylic acids is 1. The van der Waals surface area contributed by atoms with Crippen LogP contribution in [0.5, 0.6) is 0 Å². The molecule has 6 nitrogen and oxygen atoms in total. The largest absolute Gasteiger partial charge is 0.346 e. The van der Waals surface area contributed by atoms with Crippen molar-refractivity contribution in [1.29, 1.82) is 0 Å². The van der Waals surface area contributed by atoms with Gasteiger partial charge in [-0.1, -0.05) is 6.07 Å². The molecule has 0 saturated carbocycles. The summed E-state index contributed by atoms with van der Waals surface area (Å²) in [5.74, 6) is -0.0197. The maximum absolute atomic E-state index is 13.3. The molecule has 1 aromatic carbocycles. The van der Waals surface area contributed by atoms with E-state index >= 15 is 0 Å². The van der Waals surface area contributed by atoms with Gasteiger partial charge in [-0.25, -0.2) is 9.07 Å². The molecule has 1 amide bonds. The Balaban J connectivity index is 1.67. The molecule has 0 aliphatic rings. The normalized spacial score (nSPS) is 10.8. The van der Waals surface area contributed by atoms with Crippen LogP contribution in [0.2, 0.25) is 0 Å². The Morgan fingerprint density at radius 1 is 1.07 bits per heavy atom. The highest BCUT2D eigenvalue weighted by atomic mass is 19.1. The Bertz CT molecular complexity index is 1100. The predicted molar refractivity (Wildman–Crippen MR) is 103 cm³/mol. The molecule has 0 saturated heterocycles. The summed E-state index contributed by atoms with van der Waals surface area (Å²) >= 11 is 0. The molecule has 0 fully saturated rings. The predicted octanol–water partition coefficient (Wildman–Crippen LogP) is 3.44. The van der Waals surface area contributed by atoms with Crippen LogP contribution >= 0.6 is 0 Å². The number of aromatic nitrogens is 4. The van der Waals surface area contributed by atoms with Gasteiger partial charge in [0.05, 0.1) is 24.1 Å². The standard InChI is InChI=1S/C21H18FN5O/c1-15-5-4-6-17(25-15)13-23-20(28)19-14-24-27(18-9-7-16(22)8-10-18)21(19)26-11-2-3-12-26/h2-12,14H,13H2,1H3,(H,23,28). The van der Waals surface area contributed by atoms with Crippen molar-refractivity contribution >= 4 is 5.91 Å². The number of pyridine rings is 1. The van der Waals surface area contributed by atoms with E-state index in [1.54, 1.807) is 21.4 Å². The molecule has 0 aliphatic heterocycles. The van der Waals surface area contributed by atoms with Crippen LogP contribution in [0, 0.1) is 12.7 Å². The molecule has 4 rings (SSSR count). The SMILES string of the molecule is Cc1cccc(CNC(=O)c2cnn(-c3ccc(F)cc3)c2-n2cccc2)n1. The molecule has 0 unspecified atom stereocenters. The van der Waals surface area contributed by atoms with Crippen LogP contribution in [0.3, 0.4) is 0 Å². The zero-order valence-corrected chi connectivity index (χ0v) is 15.2. The van der Waals surface area contributed by atoms with Gasteiger partial charge in [0.1, 0.15) is 11.4 Å². The number of halogens is 1. The summed E-state index contributed by atoms with van der Waals surface area (Å²) in [6.07, 6.45) is 5.17. The van der Waals surface area contributed by atoms with Crippen LogP contribution in [-0.4, -0.2) is 25.2 Å². The minimum absolute atomic E-state index is 0.264. The lowest BCUT2D eigenvalue weighted by Crippen LogP contribution is -2.24. The molecule has 3 aromatic heterocycles. The van der Waals surface area contributed by atoms with E-state index in [0.717, 1.165) is 11.4 Å². The zero-order chi connectivity index (χ0) is 19.5. The molecule has 0 spiro atoms. The summed E-state index contributed by atoms with van der Waals surface area (Å²) in [6.45, 7) is 2.22. The number of carbonyl (C=O) groups is 1. The fourth-order valence-electron chi connectivity index (χ4n) is 2.96. The Morgan fingerprint density at radius 3 is 2.54 bits per heavy atom. The maximum Gasteiger partial charge on any atom is 0.257 e. The molecule has 140 valence electrons. The highest BCUT2D eigenvalue weighted by Crippen LogP contribution is 2.20. The van der Waals surface area contributed by atoms with Crippen LogP contribution in [-0.2, 0) is 6.54 Å². The molecule has 1 N–H and O–H groups in total. The summed E-state index contributed by atoms with van der Waals surface area (Å²) < 4.78 is 16.7. The first-order valence-corrected chi connectivity index (χ1v) is 8.80. The Labute approximate surface area is 161 Å². The first-order valence-electron chi connectivity index (χ1n) is 8.80. The molecular weight excluding hydrogens is 357 g/mol. The van der Waals surface area contributed by atoms with Crippen molar-refractivity contribution in [3.05, 3.63) is 96.0 Å². The maximum atomic E-state index is 13.3. The third kappa shape index (κ3) is 3.55. The first kappa shape index (κ1) is 17.7. The summed E-state index contributed by atoms with van der Waals surface area (Å²) in [5, 5.41) is 7.25. The smallest absolute Gasteiger partial charge is 0.257 e. The summed E-state index contributed by atoms with van der Waals surface area (Å²) in [6, 6.07) is 15.4. The minimum Gasteiger partial charge on any atom is -0.346 e. The molecule has 3 heterocycles. The Hall–Kier alpha value is -3.74. The van der Waals surface area contributed by atoms with Gasteiger partial charge < -0.3 is 9.88 Å². The van der Waals surface area contributed by atoms with Crippen LogP contribution in [0.1, 0.15) is 21.7 Å². The lowest BCUT2D eigenvalue weighted by Gasteiger charge is -2.11. The fourth-order valence-corrected chi connectivity index (χ4v) is 2.96. The van der Waals surface area contributed by atoms with E-state index in [0.29, 0.717) is 23.6 Å². The van der Waals surface area contributed by atoms with Crippen LogP contribution in [0.4, 0.5) is 4.39 Å². The van der Waals surface area contributed by atoms with Crippen molar-refractivity contribution in [2.75, 3.05) is 0 Å². The van der Waals surface area contributed by atoms with E-state index in [1.807, 2.05) is 49.6 Å². The lowest BCUT2D eigenvalue weighted by molar-refractivity contribution is 0.0950. The van der Waals surface area contributed by atoms with Gasteiger partial charge >= 0.3 is 0 Å². The summed E-state index contributed by atoms with van der Waals surface area (Å²) in [5.41, 5.74) is 2.74.